The molecule has 0 bridgehead atoms. The van der Waals surface area contributed by atoms with E-state index in [0.717, 1.165) is 28.3 Å². The Labute approximate surface area is 156 Å². The summed E-state index contributed by atoms with van der Waals surface area (Å²) in [6.07, 6.45) is 0.785. The summed E-state index contributed by atoms with van der Waals surface area (Å²) < 4.78 is 16.7. The molecule has 0 unspecified atom stereocenters. The minimum Gasteiger partial charge on any atom is -0.497 e. The molecule has 5 nitrogen and oxygen atoms in total. The molecule has 0 aliphatic rings. The van der Waals surface area contributed by atoms with Gasteiger partial charge in [-0.15, -0.1) is 11.3 Å². The highest BCUT2D eigenvalue weighted by Crippen LogP contribution is 2.30. The lowest BCUT2D eigenvalue weighted by Gasteiger charge is -2.11. The van der Waals surface area contributed by atoms with Crippen LogP contribution in [0.3, 0.4) is 0 Å². The number of nitrogens with zero attached hydrogens (tertiary/aromatic N) is 1. The van der Waals surface area contributed by atoms with E-state index in [1.807, 2.05) is 36.6 Å². The molecule has 3 aromatic rings. The van der Waals surface area contributed by atoms with Crippen LogP contribution in [0.2, 0.25) is 0 Å². The van der Waals surface area contributed by atoms with Gasteiger partial charge in [-0.3, -0.25) is 4.79 Å². The van der Waals surface area contributed by atoms with Gasteiger partial charge in [0.25, 0.3) is 0 Å². The molecule has 0 aliphatic carbocycles. The number of hydrogen-bond donors (Lipinski definition) is 0. The molecule has 26 heavy (non-hydrogen) atoms. The molecule has 0 saturated heterocycles. The van der Waals surface area contributed by atoms with Crippen LogP contribution in [-0.2, 0) is 6.61 Å². The summed E-state index contributed by atoms with van der Waals surface area (Å²) in [7, 11) is 1.64. The summed E-state index contributed by atoms with van der Waals surface area (Å²) in [6.45, 7) is 2.70. The first kappa shape index (κ1) is 17.9. The van der Waals surface area contributed by atoms with Gasteiger partial charge in [0.05, 0.1) is 19.4 Å². The lowest BCUT2D eigenvalue weighted by atomic mass is 10.2. The van der Waals surface area contributed by atoms with Gasteiger partial charge in [-0.05, 0) is 37.3 Å². The number of benzene rings is 2. The van der Waals surface area contributed by atoms with Crippen molar-refractivity contribution in [2.75, 3.05) is 13.7 Å². The van der Waals surface area contributed by atoms with Crippen molar-refractivity contribution >= 4 is 17.6 Å². The van der Waals surface area contributed by atoms with Crippen LogP contribution in [0.5, 0.6) is 17.2 Å². The summed E-state index contributed by atoms with van der Waals surface area (Å²) in [5, 5.41) is 2.87. The standard InChI is InChI=1S/C20H19NO4S/c1-3-24-19-9-14(11-22)7-8-18(19)25-12-16-13-26-20(21-16)15-5-4-6-17(10-15)23-2/h4-11,13H,3,12H2,1-2H3. The molecule has 0 radical (unpaired) electrons. The molecule has 0 spiro atoms. The number of carbonyl (C=O) groups excluding carboxylic acids is 1. The van der Waals surface area contributed by atoms with E-state index in [4.69, 9.17) is 14.2 Å². The summed E-state index contributed by atoms with van der Waals surface area (Å²) in [4.78, 5) is 15.5. The van der Waals surface area contributed by atoms with Crippen LogP contribution in [0, 0.1) is 0 Å². The van der Waals surface area contributed by atoms with Crippen molar-refractivity contribution in [2.24, 2.45) is 0 Å². The van der Waals surface area contributed by atoms with E-state index in [9.17, 15) is 4.79 Å². The number of rotatable bonds is 8. The average molecular weight is 369 g/mol. The minimum atomic E-state index is 0.320. The van der Waals surface area contributed by atoms with E-state index in [1.54, 1.807) is 36.6 Å². The first-order valence-electron chi connectivity index (χ1n) is 8.17. The van der Waals surface area contributed by atoms with Crippen molar-refractivity contribution in [3.8, 4) is 27.8 Å². The number of ether oxygens (including phenoxy) is 3. The van der Waals surface area contributed by atoms with Crippen molar-refractivity contribution < 1.29 is 19.0 Å². The molecule has 1 heterocycles. The zero-order valence-electron chi connectivity index (χ0n) is 14.6. The number of aldehydes is 1. The molecule has 0 aliphatic heterocycles. The Balaban J connectivity index is 1.73. The molecule has 0 N–H and O–H groups in total. The normalized spacial score (nSPS) is 10.4. The fourth-order valence-corrected chi connectivity index (χ4v) is 3.20. The Morgan fingerprint density at radius 3 is 2.77 bits per heavy atom. The highest BCUT2D eigenvalue weighted by molar-refractivity contribution is 7.13. The van der Waals surface area contributed by atoms with Crippen molar-refractivity contribution in [2.45, 2.75) is 13.5 Å². The van der Waals surface area contributed by atoms with Crippen LogP contribution in [0.4, 0.5) is 0 Å². The summed E-state index contributed by atoms with van der Waals surface area (Å²) >= 11 is 1.55. The molecule has 0 fully saturated rings. The van der Waals surface area contributed by atoms with Crippen LogP contribution in [-0.4, -0.2) is 25.0 Å². The number of aromatic nitrogens is 1. The maximum atomic E-state index is 10.9. The van der Waals surface area contributed by atoms with Crippen molar-refractivity contribution in [3.63, 3.8) is 0 Å². The molecule has 2 aromatic carbocycles. The van der Waals surface area contributed by atoms with E-state index in [-0.39, 0.29) is 0 Å². The topological polar surface area (TPSA) is 57.7 Å². The Kier molecular flexibility index (Phi) is 5.86. The highest BCUT2D eigenvalue weighted by atomic mass is 32.1. The molecular formula is C20H19NO4S. The third-order valence-corrected chi connectivity index (χ3v) is 4.59. The lowest BCUT2D eigenvalue weighted by Crippen LogP contribution is -2.00. The van der Waals surface area contributed by atoms with Gasteiger partial charge < -0.3 is 14.2 Å². The van der Waals surface area contributed by atoms with Crippen LogP contribution < -0.4 is 14.2 Å². The van der Waals surface area contributed by atoms with Crippen LogP contribution in [0.15, 0.2) is 47.8 Å². The zero-order valence-corrected chi connectivity index (χ0v) is 15.4. The smallest absolute Gasteiger partial charge is 0.161 e. The second-order valence-corrected chi connectivity index (χ2v) is 6.28. The van der Waals surface area contributed by atoms with Crippen molar-refractivity contribution in [1.82, 2.24) is 4.98 Å². The van der Waals surface area contributed by atoms with E-state index >= 15 is 0 Å². The first-order chi connectivity index (χ1) is 12.7. The third-order valence-electron chi connectivity index (χ3n) is 3.65. The van der Waals surface area contributed by atoms with Crippen molar-refractivity contribution in [3.05, 3.63) is 59.1 Å². The highest BCUT2D eigenvalue weighted by Gasteiger charge is 2.10. The first-order valence-corrected chi connectivity index (χ1v) is 9.05. The molecule has 1 aromatic heterocycles. The summed E-state index contributed by atoms with van der Waals surface area (Å²) in [5.74, 6) is 1.95. The second-order valence-electron chi connectivity index (χ2n) is 5.42. The Morgan fingerprint density at radius 1 is 1.12 bits per heavy atom. The largest absolute Gasteiger partial charge is 0.497 e. The van der Waals surface area contributed by atoms with Crippen LogP contribution in [0.1, 0.15) is 23.0 Å². The Morgan fingerprint density at radius 2 is 2.00 bits per heavy atom. The van der Waals surface area contributed by atoms with Gasteiger partial charge in [-0.25, -0.2) is 4.98 Å². The predicted molar refractivity (Wildman–Crippen MR) is 101 cm³/mol. The van der Waals surface area contributed by atoms with E-state index < -0.39 is 0 Å². The molecular weight excluding hydrogens is 350 g/mol. The van der Waals surface area contributed by atoms with Gasteiger partial charge in [0.2, 0.25) is 0 Å². The molecule has 134 valence electrons. The van der Waals surface area contributed by atoms with Gasteiger partial charge in [0.1, 0.15) is 23.7 Å². The Bertz CT molecular complexity index is 891. The monoisotopic (exact) mass is 369 g/mol. The SMILES string of the molecule is CCOc1cc(C=O)ccc1OCc1csc(-c2cccc(OC)c2)n1. The second kappa shape index (κ2) is 8.49. The quantitative estimate of drug-likeness (QED) is 0.543. The average Bonchev–Trinajstić information content (AvgIpc) is 3.16. The van der Waals surface area contributed by atoms with Crippen LogP contribution in [0.25, 0.3) is 10.6 Å². The summed E-state index contributed by atoms with van der Waals surface area (Å²) in [5.41, 5.74) is 2.38. The van der Waals surface area contributed by atoms with Crippen LogP contribution >= 0.6 is 11.3 Å². The fraction of sp³-hybridized carbons (Fsp3) is 0.200. The van der Waals surface area contributed by atoms with Crippen molar-refractivity contribution in [1.29, 1.82) is 0 Å². The third kappa shape index (κ3) is 4.21. The number of thiazole rings is 1. The van der Waals surface area contributed by atoms with Gasteiger partial charge in [0, 0.05) is 16.5 Å². The van der Waals surface area contributed by atoms with Gasteiger partial charge in [-0.2, -0.15) is 0 Å². The number of hydrogen-bond acceptors (Lipinski definition) is 6. The van der Waals surface area contributed by atoms with Gasteiger partial charge in [0.15, 0.2) is 11.5 Å². The van der Waals surface area contributed by atoms with Gasteiger partial charge in [-0.1, -0.05) is 12.1 Å². The van der Waals surface area contributed by atoms with E-state index in [2.05, 4.69) is 4.98 Å². The molecule has 3 rings (SSSR count). The summed E-state index contributed by atoms with van der Waals surface area (Å²) in [6, 6.07) is 12.9. The predicted octanol–water partition coefficient (Wildman–Crippen LogP) is 4.61. The number of carbonyl (C=O) groups is 1. The van der Waals surface area contributed by atoms with E-state index in [0.29, 0.717) is 30.3 Å². The van der Waals surface area contributed by atoms with E-state index in [1.165, 1.54) is 0 Å². The molecule has 0 amide bonds. The maximum Gasteiger partial charge on any atom is 0.161 e. The molecule has 0 saturated carbocycles. The molecule has 6 heteroatoms. The zero-order chi connectivity index (χ0) is 18.4. The fourth-order valence-electron chi connectivity index (χ4n) is 2.40. The molecule has 0 atom stereocenters. The van der Waals surface area contributed by atoms with Gasteiger partial charge >= 0.3 is 0 Å². The number of methoxy groups -OCH3 is 1. The Hall–Kier alpha value is -2.86. The minimum absolute atomic E-state index is 0.320. The maximum absolute atomic E-state index is 10.9. The lowest BCUT2D eigenvalue weighted by molar-refractivity contribution is 0.112.